The summed E-state index contributed by atoms with van der Waals surface area (Å²) in [6.45, 7) is 8.48. The smallest absolute Gasteiger partial charge is 0.251 e. The van der Waals surface area contributed by atoms with Crippen LogP contribution in [0.1, 0.15) is 36.7 Å². The lowest BCUT2D eigenvalue weighted by Crippen LogP contribution is -2.54. The number of amides is 1. The molecule has 3 N–H and O–H groups in total. The molecule has 10 heteroatoms. The fraction of sp³-hybridized carbons (Fsp3) is 0.370. The molecule has 1 aliphatic heterocycles. The summed E-state index contributed by atoms with van der Waals surface area (Å²) in [5.74, 6) is -0.140. The lowest BCUT2D eigenvalue weighted by atomic mass is 10.1. The molecule has 37 heavy (non-hydrogen) atoms. The largest absolute Gasteiger partial charge is 0.494 e. The van der Waals surface area contributed by atoms with Gasteiger partial charge in [0.25, 0.3) is 5.91 Å². The standard InChI is InChI=1S/C27H33FN6O3/c1-5-29-26(35)19-10-20(25(28)24(11-19)36-4)16-37-23-12-30-27(31-13-23)33-21-6-8-22(9-7-21)34-14-17(2)32-18(3)15-34/h6-13,17-18,32H,5,14-16H2,1-4H3,(H,29,35)(H,30,31,33)/t17-,18+. The Morgan fingerprint density at radius 1 is 1.14 bits per heavy atom. The number of anilines is 3. The van der Waals surface area contributed by atoms with E-state index < -0.39 is 5.82 Å². The van der Waals surface area contributed by atoms with Gasteiger partial charge in [-0.1, -0.05) is 0 Å². The van der Waals surface area contributed by atoms with Crippen LogP contribution in [0, 0.1) is 5.82 Å². The molecule has 2 heterocycles. The first-order valence-electron chi connectivity index (χ1n) is 12.3. The highest BCUT2D eigenvalue weighted by Gasteiger charge is 2.21. The predicted octanol–water partition coefficient (Wildman–Crippen LogP) is 3.88. The van der Waals surface area contributed by atoms with Gasteiger partial charge in [-0.25, -0.2) is 14.4 Å². The van der Waals surface area contributed by atoms with Gasteiger partial charge < -0.3 is 30.3 Å². The molecule has 0 bridgehead atoms. The Kier molecular flexibility index (Phi) is 8.39. The number of benzene rings is 2. The molecule has 196 valence electrons. The molecule has 1 fully saturated rings. The second kappa shape index (κ2) is 11.9. The van der Waals surface area contributed by atoms with E-state index in [1.165, 1.54) is 37.3 Å². The van der Waals surface area contributed by atoms with Crippen molar-refractivity contribution in [3.8, 4) is 11.5 Å². The molecule has 4 rings (SSSR count). The van der Waals surface area contributed by atoms with E-state index in [0.717, 1.165) is 18.8 Å². The Labute approximate surface area is 216 Å². The SMILES string of the molecule is CCNC(=O)c1cc(COc2cnc(Nc3ccc(N4C[C@@H](C)N[C@@H](C)C4)cc3)nc2)c(F)c(OC)c1. The summed E-state index contributed by atoms with van der Waals surface area (Å²) in [4.78, 5) is 23.2. The number of hydrogen-bond donors (Lipinski definition) is 3. The number of carbonyl (C=O) groups excluding carboxylic acids is 1. The lowest BCUT2D eigenvalue weighted by molar-refractivity contribution is 0.0955. The third-order valence-electron chi connectivity index (χ3n) is 6.00. The van der Waals surface area contributed by atoms with Crippen molar-refractivity contribution in [2.45, 2.75) is 39.5 Å². The highest BCUT2D eigenvalue weighted by atomic mass is 19.1. The van der Waals surface area contributed by atoms with Gasteiger partial charge in [-0.3, -0.25) is 4.79 Å². The Morgan fingerprint density at radius 2 is 1.81 bits per heavy atom. The van der Waals surface area contributed by atoms with E-state index in [-0.39, 0.29) is 23.8 Å². The predicted molar refractivity (Wildman–Crippen MR) is 141 cm³/mol. The highest BCUT2D eigenvalue weighted by Crippen LogP contribution is 2.25. The maximum atomic E-state index is 14.7. The first-order chi connectivity index (χ1) is 17.9. The van der Waals surface area contributed by atoms with Crippen LogP contribution < -0.4 is 30.3 Å². The second-order valence-corrected chi connectivity index (χ2v) is 9.09. The second-order valence-electron chi connectivity index (χ2n) is 9.09. The first-order valence-corrected chi connectivity index (χ1v) is 12.3. The molecule has 0 aliphatic carbocycles. The number of nitrogens with one attached hydrogen (secondary N) is 3. The van der Waals surface area contributed by atoms with Crippen molar-refractivity contribution in [3.05, 3.63) is 65.7 Å². The fourth-order valence-electron chi connectivity index (χ4n) is 4.34. The monoisotopic (exact) mass is 508 g/mol. The quantitative estimate of drug-likeness (QED) is 0.400. The summed E-state index contributed by atoms with van der Waals surface area (Å²) in [5.41, 5.74) is 2.53. The summed E-state index contributed by atoms with van der Waals surface area (Å²) in [7, 11) is 1.35. The van der Waals surface area contributed by atoms with Crippen molar-refractivity contribution in [3.63, 3.8) is 0 Å². The summed E-state index contributed by atoms with van der Waals surface area (Å²) in [5, 5.41) is 9.42. The van der Waals surface area contributed by atoms with Crippen LogP contribution in [0.25, 0.3) is 0 Å². The van der Waals surface area contributed by atoms with E-state index in [0.29, 0.717) is 35.9 Å². The minimum atomic E-state index is -0.581. The van der Waals surface area contributed by atoms with Crippen molar-refractivity contribution in [1.82, 2.24) is 20.6 Å². The normalized spacial score (nSPS) is 17.3. The Bertz CT molecular complexity index is 1200. The van der Waals surface area contributed by atoms with Crippen molar-refractivity contribution in [1.29, 1.82) is 0 Å². The minimum Gasteiger partial charge on any atom is -0.494 e. The number of aromatic nitrogens is 2. The molecule has 1 amide bonds. The van der Waals surface area contributed by atoms with E-state index in [4.69, 9.17) is 9.47 Å². The fourth-order valence-corrected chi connectivity index (χ4v) is 4.34. The molecular formula is C27H33FN6O3. The lowest BCUT2D eigenvalue weighted by Gasteiger charge is -2.37. The molecule has 2 atom stereocenters. The molecule has 0 radical (unpaired) electrons. The topological polar surface area (TPSA) is 101 Å². The van der Waals surface area contributed by atoms with Crippen molar-refractivity contribution in [2.75, 3.05) is 37.0 Å². The number of nitrogens with zero attached hydrogens (tertiary/aromatic N) is 3. The van der Waals surface area contributed by atoms with E-state index in [9.17, 15) is 9.18 Å². The van der Waals surface area contributed by atoms with Crippen molar-refractivity contribution < 1.29 is 18.7 Å². The molecule has 1 saturated heterocycles. The van der Waals surface area contributed by atoms with E-state index in [1.54, 1.807) is 0 Å². The molecule has 9 nitrogen and oxygen atoms in total. The third kappa shape index (κ3) is 6.65. The van der Waals surface area contributed by atoms with Gasteiger partial charge in [0, 0.05) is 54.2 Å². The van der Waals surface area contributed by atoms with E-state index in [2.05, 4.69) is 56.8 Å². The number of piperazine rings is 1. The van der Waals surface area contributed by atoms with Gasteiger partial charge >= 0.3 is 0 Å². The first kappa shape index (κ1) is 26.2. The number of ether oxygens (including phenoxy) is 2. The Hall–Kier alpha value is -3.92. The number of hydrogen-bond acceptors (Lipinski definition) is 8. The third-order valence-corrected chi connectivity index (χ3v) is 6.00. The van der Waals surface area contributed by atoms with Crippen LogP contribution in [0.2, 0.25) is 0 Å². The van der Waals surface area contributed by atoms with Gasteiger partial charge in [0.2, 0.25) is 5.95 Å². The number of methoxy groups -OCH3 is 1. The van der Waals surface area contributed by atoms with Crippen LogP contribution in [-0.4, -0.2) is 54.7 Å². The van der Waals surface area contributed by atoms with Crippen LogP contribution in [0.5, 0.6) is 11.5 Å². The average molecular weight is 509 g/mol. The van der Waals surface area contributed by atoms with Crippen LogP contribution in [0.3, 0.4) is 0 Å². The van der Waals surface area contributed by atoms with Gasteiger partial charge in [0.15, 0.2) is 17.3 Å². The molecule has 1 aromatic heterocycles. The van der Waals surface area contributed by atoms with Crippen LogP contribution >= 0.6 is 0 Å². The van der Waals surface area contributed by atoms with Gasteiger partial charge in [0.1, 0.15) is 6.61 Å². The summed E-state index contributed by atoms with van der Waals surface area (Å²) >= 11 is 0. The number of rotatable bonds is 9. The zero-order valence-electron chi connectivity index (χ0n) is 21.5. The molecule has 3 aromatic rings. The van der Waals surface area contributed by atoms with Crippen molar-refractivity contribution >= 4 is 23.2 Å². The van der Waals surface area contributed by atoms with Gasteiger partial charge in [0.05, 0.1) is 19.5 Å². The van der Waals surface area contributed by atoms with E-state index in [1.807, 2.05) is 19.1 Å². The Morgan fingerprint density at radius 3 is 2.43 bits per heavy atom. The summed E-state index contributed by atoms with van der Waals surface area (Å²) in [6.07, 6.45) is 3.02. The maximum absolute atomic E-state index is 14.7. The average Bonchev–Trinajstić information content (AvgIpc) is 2.89. The van der Waals surface area contributed by atoms with Crippen LogP contribution in [0.4, 0.5) is 21.7 Å². The number of carbonyl (C=O) groups is 1. The summed E-state index contributed by atoms with van der Waals surface area (Å²) < 4.78 is 25.5. The zero-order chi connectivity index (χ0) is 26.4. The Balaban J connectivity index is 1.37. The molecule has 0 unspecified atom stereocenters. The zero-order valence-corrected chi connectivity index (χ0v) is 21.5. The van der Waals surface area contributed by atoms with Gasteiger partial charge in [-0.2, -0.15) is 0 Å². The van der Waals surface area contributed by atoms with Crippen LogP contribution in [-0.2, 0) is 6.61 Å². The van der Waals surface area contributed by atoms with E-state index >= 15 is 0 Å². The van der Waals surface area contributed by atoms with Gasteiger partial charge in [-0.15, -0.1) is 0 Å². The van der Waals surface area contributed by atoms with Crippen LogP contribution in [0.15, 0.2) is 48.8 Å². The van der Waals surface area contributed by atoms with Crippen molar-refractivity contribution in [2.24, 2.45) is 0 Å². The maximum Gasteiger partial charge on any atom is 0.251 e. The number of halogens is 1. The minimum absolute atomic E-state index is 0.0230. The molecular weight excluding hydrogens is 475 g/mol. The van der Waals surface area contributed by atoms with Gasteiger partial charge in [-0.05, 0) is 57.2 Å². The highest BCUT2D eigenvalue weighted by molar-refractivity contribution is 5.94. The molecule has 0 saturated carbocycles. The molecule has 0 spiro atoms. The molecule has 1 aliphatic rings. The molecule has 2 aromatic carbocycles. The summed E-state index contributed by atoms with van der Waals surface area (Å²) in [6, 6.07) is 11.9.